The summed E-state index contributed by atoms with van der Waals surface area (Å²) in [6, 6.07) is 7.92. The smallest absolute Gasteiger partial charge is 0.307 e. The fraction of sp³-hybridized carbons (Fsp3) is 0.467. The first-order valence-corrected chi connectivity index (χ1v) is 6.80. The first kappa shape index (κ1) is 12.2. The largest absolute Gasteiger partial charge is 0.481 e. The number of carbonyl (C=O) groups excluding carboxylic acids is 1. The van der Waals surface area contributed by atoms with Gasteiger partial charge < -0.3 is 10.0 Å². The number of para-hydroxylation sites is 1. The zero-order valence-corrected chi connectivity index (χ0v) is 10.7. The fourth-order valence-corrected chi connectivity index (χ4v) is 3.05. The molecule has 1 amide bonds. The van der Waals surface area contributed by atoms with E-state index in [4.69, 9.17) is 5.11 Å². The third-order valence-electron chi connectivity index (χ3n) is 4.29. The second kappa shape index (κ2) is 4.68. The fourth-order valence-electron chi connectivity index (χ4n) is 3.05. The number of aryl methyl sites for hydroxylation is 1. The van der Waals surface area contributed by atoms with E-state index in [1.54, 1.807) is 4.90 Å². The lowest BCUT2D eigenvalue weighted by Crippen LogP contribution is -2.47. The number of amides is 1. The van der Waals surface area contributed by atoms with Gasteiger partial charge in [0, 0.05) is 12.2 Å². The summed E-state index contributed by atoms with van der Waals surface area (Å²) < 4.78 is 0. The van der Waals surface area contributed by atoms with Crippen molar-refractivity contribution < 1.29 is 14.7 Å². The lowest BCUT2D eigenvalue weighted by Gasteiger charge is -2.38. The van der Waals surface area contributed by atoms with Crippen molar-refractivity contribution in [3.8, 4) is 0 Å². The summed E-state index contributed by atoms with van der Waals surface area (Å²) in [7, 11) is 0. The third kappa shape index (κ3) is 2.01. The van der Waals surface area contributed by atoms with Crippen LogP contribution in [0.2, 0.25) is 0 Å². The van der Waals surface area contributed by atoms with Crippen LogP contribution in [0.4, 0.5) is 5.69 Å². The van der Waals surface area contributed by atoms with Crippen molar-refractivity contribution in [1.29, 1.82) is 0 Å². The summed E-state index contributed by atoms with van der Waals surface area (Å²) in [6.07, 6.45) is 3.27. The molecule has 1 fully saturated rings. The van der Waals surface area contributed by atoms with Gasteiger partial charge in [-0.05, 0) is 37.3 Å². The van der Waals surface area contributed by atoms with Crippen LogP contribution in [-0.4, -0.2) is 23.5 Å². The molecule has 1 aromatic rings. The van der Waals surface area contributed by atoms with Crippen molar-refractivity contribution in [3.05, 3.63) is 29.8 Å². The number of carboxylic acid groups (broad SMARTS) is 1. The van der Waals surface area contributed by atoms with Gasteiger partial charge in [-0.2, -0.15) is 0 Å². The molecule has 2 unspecified atom stereocenters. The van der Waals surface area contributed by atoms with E-state index in [1.807, 2.05) is 24.3 Å². The van der Waals surface area contributed by atoms with E-state index >= 15 is 0 Å². The van der Waals surface area contributed by atoms with Crippen molar-refractivity contribution in [2.45, 2.75) is 25.7 Å². The molecule has 0 bridgehead atoms. The van der Waals surface area contributed by atoms with Crippen molar-refractivity contribution in [2.24, 2.45) is 11.8 Å². The number of hydrogen-bond donors (Lipinski definition) is 1. The Hall–Kier alpha value is -1.84. The highest BCUT2D eigenvalue weighted by Gasteiger charge is 2.43. The first-order chi connectivity index (χ1) is 9.18. The molecule has 4 heteroatoms. The number of anilines is 1. The van der Waals surface area contributed by atoms with Gasteiger partial charge in [0.2, 0.25) is 5.91 Å². The monoisotopic (exact) mass is 259 g/mol. The van der Waals surface area contributed by atoms with Gasteiger partial charge in [0.15, 0.2) is 0 Å². The van der Waals surface area contributed by atoms with Crippen LogP contribution < -0.4 is 4.90 Å². The van der Waals surface area contributed by atoms with E-state index in [2.05, 4.69) is 0 Å². The summed E-state index contributed by atoms with van der Waals surface area (Å²) in [6.45, 7) is 0.707. The Morgan fingerprint density at radius 2 is 1.89 bits per heavy atom. The van der Waals surface area contributed by atoms with Crippen molar-refractivity contribution >= 4 is 17.6 Å². The molecule has 19 heavy (non-hydrogen) atoms. The maximum atomic E-state index is 12.5. The zero-order chi connectivity index (χ0) is 13.4. The van der Waals surface area contributed by atoms with Crippen LogP contribution in [0.3, 0.4) is 0 Å². The number of benzene rings is 1. The van der Waals surface area contributed by atoms with Gasteiger partial charge in [0.25, 0.3) is 0 Å². The van der Waals surface area contributed by atoms with Crippen LogP contribution in [0.25, 0.3) is 0 Å². The van der Waals surface area contributed by atoms with Crippen LogP contribution in [-0.2, 0) is 16.0 Å². The maximum absolute atomic E-state index is 12.5. The Labute approximate surface area is 112 Å². The Kier molecular flexibility index (Phi) is 3.01. The van der Waals surface area contributed by atoms with Gasteiger partial charge >= 0.3 is 5.97 Å². The Balaban J connectivity index is 1.84. The number of carboxylic acids is 1. The number of carbonyl (C=O) groups is 2. The van der Waals surface area contributed by atoms with Gasteiger partial charge in [0.1, 0.15) is 0 Å². The number of nitrogens with zero attached hydrogens (tertiary/aromatic N) is 1. The van der Waals surface area contributed by atoms with Gasteiger partial charge in [0.05, 0.1) is 11.8 Å². The minimum Gasteiger partial charge on any atom is -0.481 e. The standard InChI is InChI=1S/C15H17NO3/c17-14(11-7-8-12(11)15(18)19)16-9-3-5-10-4-1-2-6-13(10)16/h1-2,4,6,11-12H,3,5,7-9H2,(H,18,19). The maximum Gasteiger partial charge on any atom is 0.307 e. The van der Waals surface area contributed by atoms with Gasteiger partial charge in [-0.25, -0.2) is 0 Å². The number of hydrogen-bond acceptors (Lipinski definition) is 2. The van der Waals surface area contributed by atoms with E-state index in [0.29, 0.717) is 19.4 Å². The highest BCUT2D eigenvalue weighted by molar-refractivity contribution is 5.99. The first-order valence-electron chi connectivity index (χ1n) is 6.80. The minimum atomic E-state index is -0.838. The molecular formula is C15H17NO3. The summed E-state index contributed by atoms with van der Waals surface area (Å²) in [5.41, 5.74) is 2.16. The molecule has 1 aromatic carbocycles. The van der Waals surface area contributed by atoms with Crippen molar-refractivity contribution in [2.75, 3.05) is 11.4 Å². The predicted octanol–water partition coefficient (Wildman–Crippen LogP) is 2.08. The quantitative estimate of drug-likeness (QED) is 0.884. The molecule has 1 saturated carbocycles. The molecule has 1 aliphatic carbocycles. The number of fused-ring (bicyclic) bond motifs is 1. The highest BCUT2D eigenvalue weighted by Crippen LogP contribution is 2.38. The molecule has 0 aromatic heterocycles. The average Bonchev–Trinajstić information content (AvgIpc) is 2.36. The summed E-state index contributed by atoms with van der Waals surface area (Å²) in [4.78, 5) is 25.4. The van der Waals surface area contributed by atoms with Crippen molar-refractivity contribution in [1.82, 2.24) is 0 Å². The highest BCUT2D eigenvalue weighted by atomic mass is 16.4. The number of rotatable bonds is 2. The predicted molar refractivity (Wildman–Crippen MR) is 71.0 cm³/mol. The van der Waals surface area contributed by atoms with E-state index in [9.17, 15) is 9.59 Å². The third-order valence-corrected chi connectivity index (χ3v) is 4.29. The van der Waals surface area contributed by atoms with Gasteiger partial charge in [-0.3, -0.25) is 9.59 Å². The lowest BCUT2D eigenvalue weighted by atomic mass is 9.72. The van der Waals surface area contributed by atoms with Crippen molar-refractivity contribution in [3.63, 3.8) is 0 Å². The molecule has 3 rings (SSSR count). The minimum absolute atomic E-state index is 0.00852. The van der Waals surface area contributed by atoms with E-state index in [1.165, 1.54) is 5.56 Å². The van der Waals surface area contributed by atoms with Gasteiger partial charge in [-0.15, -0.1) is 0 Å². The normalized spacial score (nSPS) is 25.4. The molecular weight excluding hydrogens is 242 g/mol. The molecule has 2 aliphatic rings. The van der Waals surface area contributed by atoms with Crippen LogP contribution in [0, 0.1) is 11.8 Å². The molecule has 2 atom stereocenters. The molecule has 100 valence electrons. The van der Waals surface area contributed by atoms with Crippen LogP contribution in [0.1, 0.15) is 24.8 Å². The molecule has 1 aliphatic heterocycles. The van der Waals surface area contributed by atoms with Gasteiger partial charge in [-0.1, -0.05) is 18.2 Å². The lowest BCUT2D eigenvalue weighted by molar-refractivity contribution is -0.152. The Bertz CT molecular complexity index is 526. The summed E-state index contributed by atoms with van der Waals surface area (Å²) in [5, 5.41) is 9.08. The van der Waals surface area contributed by atoms with E-state index in [0.717, 1.165) is 18.5 Å². The van der Waals surface area contributed by atoms with Crippen LogP contribution in [0.15, 0.2) is 24.3 Å². The second-order valence-electron chi connectivity index (χ2n) is 5.35. The second-order valence-corrected chi connectivity index (χ2v) is 5.35. The molecule has 0 spiro atoms. The average molecular weight is 259 g/mol. The van der Waals surface area contributed by atoms with Crippen LogP contribution in [0.5, 0.6) is 0 Å². The molecule has 0 radical (unpaired) electrons. The SMILES string of the molecule is O=C(O)C1CCC1C(=O)N1CCCc2ccccc21. The zero-order valence-electron chi connectivity index (χ0n) is 10.7. The Morgan fingerprint density at radius 1 is 1.16 bits per heavy atom. The molecule has 1 heterocycles. The summed E-state index contributed by atoms with van der Waals surface area (Å²) >= 11 is 0. The summed E-state index contributed by atoms with van der Waals surface area (Å²) in [5.74, 6) is -1.66. The Morgan fingerprint density at radius 3 is 2.58 bits per heavy atom. The number of aliphatic carboxylic acids is 1. The van der Waals surface area contributed by atoms with E-state index in [-0.39, 0.29) is 11.8 Å². The topological polar surface area (TPSA) is 57.6 Å². The molecule has 0 saturated heterocycles. The van der Waals surface area contributed by atoms with Crippen LogP contribution >= 0.6 is 0 Å². The molecule has 1 N–H and O–H groups in total. The van der Waals surface area contributed by atoms with E-state index < -0.39 is 11.9 Å². The molecule has 4 nitrogen and oxygen atoms in total.